The van der Waals surface area contributed by atoms with Crippen molar-refractivity contribution in [3.05, 3.63) is 29.9 Å². The molecule has 2 heterocycles. The molecule has 0 saturated heterocycles. The number of aryl methyl sites for hydroxylation is 2. The molecule has 0 aliphatic rings. The number of nitrogens with two attached hydrogens (primary N) is 1. The number of aromatic nitrogens is 2. The van der Waals surface area contributed by atoms with Gasteiger partial charge in [-0.15, -0.1) is 0 Å². The molecule has 2 aromatic heterocycles. The topological polar surface area (TPSA) is 64.9 Å². The lowest BCUT2D eigenvalue weighted by Gasteiger charge is -1.97. The van der Waals surface area contributed by atoms with Crippen LogP contribution in [0.1, 0.15) is 11.5 Å². The minimum absolute atomic E-state index is 0.278. The Labute approximate surface area is 81.8 Å². The van der Waals surface area contributed by atoms with Gasteiger partial charge in [0.1, 0.15) is 11.5 Å². The Morgan fingerprint density at radius 2 is 2.14 bits per heavy atom. The Kier molecular flexibility index (Phi) is 1.96. The first-order chi connectivity index (χ1) is 6.66. The van der Waals surface area contributed by atoms with Gasteiger partial charge in [0, 0.05) is 11.8 Å². The van der Waals surface area contributed by atoms with E-state index in [1.807, 2.05) is 26.0 Å². The van der Waals surface area contributed by atoms with Gasteiger partial charge in [0.15, 0.2) is 0 Å². The van der Waals surface area contributed by atoms with E-state index in [4.69, 9.17) is 10.2 Å². The zero-order valence-corrected chi connectivity index (χ0v) is 8.11. The van der Waals surface area contributed by atoms with Crippen LogP contribution in [-0.2, 0) is 0 Å². The number of nitrogens with zero attached hydrogens (tertiary/aromatic N) is 2. The van der Waals surface area contributed by atoms with Crippen LogP contribution in [0.5, 0.6) is 0 Å². The van der Waals surface area contributed by atoms with Crippen LogP contribution in [0.3, 0.4) is 0 Å². The normalized spacial score (nSPS) is 10.4. The second-order valence-corrected chi connectivity index (χ2v) is 3.13. The summed E-state index contributed by atoms with van der Waals surface area (Å²) in [7, 11) is 0. The highest BCUT2D eigenvalue weighted by molar-refractivity contribution is 5.62. The zero-order valence-electron chi connectivity index (χ0n) is 8.11. The van der Waals surface area contributed by atoms with Crippen molar-refractivity contribution in [2.45, 2.75) is 13.8 Å². The van der Waals surface area contributed by atoms with Crippen LogP contribution >= 0.6 is 0 Å². The second kappa shape index (κ2) is 3.14. The molecule has 0 aliphatic heterocycles. The molecule has 0 radical (unpaired) electrons. The summed E-state index contributed by atoms with van der Waals surface area (Å²) in [6.45, 7) is 3.81. The molecule has 72 valence electrons. The maximum Gasteiger partial charge on any atom is 0.220 e. The summed E-state index contributed by atoms with van der Waals surface area (Å²) < 4.78 is 5.41. The molecule has 4 nitrogen and oxygen atoms in total. The van der Waals surface area contributed by atoms with Crippen molar-refractivity contribution < 1.29 is 4.42 Å². The van der Waals surface area contributed by atoms with Crippen LogP contribution < -0.4 is 5.73 Å². The third kappa shape index (κ3) is 1.46. The van der Waals surface area contributed by atoms with Crippen molar-refractivity contribution in [2.24, 2.45) is 0 Å². The Morgan fingerprint density at radius 3 is 2.71 bits per heavy atom. The summed E-state index contributed by atoms with van der Waals surface area (Å²) in [6.07, 6.45) is 1.64. The maximum absolute atomic E-state index is 5.50. The second-order valence-electron chi connectivity index (χ2n) is 3.13. The molecule has 0 spiro atoms. The van der Waals surface area contributed by atoms with Gasteiger partial charge >= 0.3 is 0 Å². The highest BCUT2D eigenvalue weighted by Gasteiger charge is 2.08. The molecule has 14 heavy (non-hydrogen) atoms. The van der Waals surface area contributed by atoms with Gasteiger partial charge in [0.05, 0.1) is 5.69 Å². The van der Waals surface area contributed by atoms with Crippen molar-refractivity contribution in [1.82, 2.24) is 9.97 Å². The molecule has 0 saturated carbocycles. The number of rotatable bonds is 1. The van der Waals surface area contributed by atoms with Gasteiger partial charge in [-0.3, -0.25) is 0 Å². The SMILES string of the molecule is Cc1cc(-c2ccnc(N)n2)c(C)o1. The lowest BCUT2D eigenvalue weighted by molar-refractivity contribution is 0.505. The van der Waals surface area contributed by atoms with Crippen LogP contribution in [0, 0.1) is 13.8 Å². The zero-order chi connectivity index (χ0) is 10.1. The van der Waals surface area contributed by atoms with Crippen LogP contribution in [-0.4, -0.2) is 9.97 Å². The molecule has 0 bridgehead atoms. The number of nitrogen functional groups attached to an aromatic ring is 1. The molecule has 2 N–H and O–H groups in total. The predicted octanol–water partition coefficient (Wildman–Crippen LogP) is 1.94. The molecule has 2 aromatic rings. The Bertz CT molecular complexity index is 462. The average Bonchev–Trinajstić information content (AvgIpc) is 2.45. The summed E-state index contributed by atoms with van der Waals surface area (Å²) in [5.74, 6) is 2.00. The van der Waals surface area contributed by atoms with E-state index in [1.54, 1.807) is 6.20 Å². The Balaban J connectivity index is 2.54. The van der Waals surface area contributed by atoms with Crippen molar-refractivity contribution in [3.63, 3.8) is 0 Å². The van der Waals surface area contributed by atoms with Crippen LogP contribution in [0.15, 0.2) is 22.7 Å². The quantitative estimate of drug-likeness (QED) is 0.744. The number of furan rings is 1. The molecule has 0 unspecified atom stereocenters. The van der Waals surface area contributed by atoms with E-state index in [0.717, 1.165) is 22.8 Å². The Hall–Kier alpha value is -1.84. The van der Waals surface area contributed by atoms with Crippen molar-refractivity contribution >= 4 is 5.95 Å². The molecular weight excluding hydrogens is 178 g/mol. The first kappa shape index (κ1) is 8.74. The molecule has 0 atom stereocenters. The van der Waals surface area contributed by atoms with E-state index < -0.39 is 0 Å². The fraction of sp³-hybridized carbons (Fsp3) is 0.200. The number of anilines is 1. The standard InChI is InChI=1S/C10H11N3O/c1-6-5-8(7(2)14-6)9-3-4-12-10(11)13-9/h3-5H,1-2H3,(H2,11,12,13). The van der Waals surface area contributed by atoms with Crippen molar-refractivity contribution in [3.8, 4) is 11.3 Å². The first-order valence-electron chi connectivity index (χ1n) is 4.33. The van der Waals surface area contributed by atoms with Gasteiger partial charge < -0.3 is 10.2 Å². The third-order valence-corrected chi connectivity index (χ3v) is 1.99. The minimum atomic E-state index is 0.278. The monoisotopic (exact) mass is 189 g/mol. The summed E-state index contributed by atoms with van der Waals surface area (Å²) in [4.78, 5) is 7.96. The summed E-state index contributed by atoms with van der Waals surface area (Å²) in [6, 6.07) is 3.75. The van der Waals surface area contributed by atoms with E-state index in [2.05, 4.69) is 9.97 Å². The molecule has 2 rings (SSSR count). The number of hydrogen-bond donors (Lipinski definition) is 1. The first-order valence-corrected chi connectivity index (χ1v) is 4.33. The van der Waals surface area contributed by atoms with E-state index in [9.17, 15) is 0 Å². The lowest BCUT2D eigenvalue weighted by atomic mass is 10.2. The fourth-order valence-corrected chi connectivity index (χ4v) is 1.41. The van der Waals surface area contributed by atoms with Crippen LogP contribution in [0.2, 0.25) is 0 Å². The lowest BCUT2D eigenvalue weighted by Crippen LogP contribution is -1.94. The predicted molar refractivity (Wildman–Crippen MR) is 53.6 cm³/mol. The van der Waals surface area contributed by atoms with E-state index >= 15 is 0 Å². The third-order valence-electron chi connectivity index (χ3n) is 1.99. The van der Waals surface area contributed by atoms with Gasteiger partial charge in [-0.2, -0.15) is 0 Å². The Morgan fingerprint density at radius 1 is 1.36 bits per heavy atom. The molecule has 0 aliphatic carbocycles. The average molecular weight is 189 g/mol. The number of hydrogen-bond acceptors (Lipinski definition) is 4. The molecule has 4 heteroatoms. The van der Waals surface area contributed by atoms with Gasteiger partial charge in [0.25, 0.3) is 0 Å². The minimum Gasteiger partial charge on any atom is -0.466 e. The van der Waals surface area contributed by atoms with Crippen LogP contribution in [0.25, 0.3) is 11.3 Å². The smallest absolute Gasteiger partial charge is 0.220 e. The maximum atomic E-state index is 5.50. The summed E-state index contributed by atoms with van der Waals surface area (Å²) in [5.41, 5.74) is 7.27. The summed E-state index contributed by atoms with van der Waals surface area (Å²) >= 11 is 0. The van der Waals surface area contributed by atoms with Gasteiger partial charge in [-0.25, -0.2) is 9.97 Å². The van der Waals surface area contributed by atoms with Gasteiger partial charge in [-0.05, 0) is 26.0 Å². The van der Waals surface area contributed by atoms with E-state index in [0.29, 0.717) is 0 Å². The molecule has 0 amide bonds. The van der Waals surface area contributed by atoms with Crippen molar-refractivity contribution in [1.29, 1.82) is 0 Å². The highest BCUT2D eigenvalue weighted by Crippen LogP contribution is 2.24. The summed E-state index contributed by atoms with van der Waals surface area (Å²) in [5, 5.41) is 0. The van der Waals surface area contributed by atoms with Crippen LogP contribution in [0.4, 0.5) is 5.95 Å². The van der Waals surface area contributed by atoms with E-state index in [-0.39, 0.29) is 5.95 Å². The fourth-order valence-electron chi connectivity index (χ4n) is 1.41. The van der Waals surface area contributed by atoms with Gasteiger partial charge in [0.2, 0.25) is 5.95 Å². The van der Waals surface area contributed by atoms with Gasteiger partial charge in [-0.1, -0.05) is 0 Å². The molecule has 0 fully saturated rings. The highest BCUT2D eigenvalue weighted by atomic mass is 16.3. The molecular formula is C10H11N3O. The van der Waals surface area contributed by atoms with Crippen molar-refractivity contribution in [2.75, 3.05) is 5.73 Å². The van der Waals surface area contributed by atoms with E-state index in [1.165, 1.54) is 0 Å². The largest absolute Gasteiger partial charge is 0.466 e. The molecule has 0 aromatic carbocycles.